The molecule has 0 heterocycles. The molecule has 1 aromatic carbocycles. The molecule has 0 spiro atoms. The summed E-state index contributed by atoms with van der Waals surface area (Å²) in [6.07, 6.45) is 0.935. The minimum atomic E-state index is -0.119. The van der Waals surface area contributed by atoms with Crippen LogP contribution in [0.1, 0.15) is 34.1 Å². The predicted molar refractivity (Wildman–Crippen MR) is 102 cm³/mol. The zero-order valence-corrected chi connectivity index (χ0v) is 16.4. The second-order valence-electron chi connectivity index (χ2n) is 7.05. The van der Waals surface area contributed by atoms with Gasteiger partial charge >= 0.3 is 0 Å². The summed E-state index contributed by atoms with van der Waals surface area (Å²) in [7, 11) is 5.18. The minimum Gasteiger partial charge on any atom is -0.493 e. The smallest absolute Gasteiger partial charge is 0.195 e. The summed E-state index contributed by atoms with van der Waals surface area (Å²) in [4.78, 5) is 4.34. The van der Waals surface area contributed by atoms with Crippen molar-refractivity contribution in [1.29, 1.82) is 0 Å². The van der Waals surface area contributed by atoms with Gasteiger partial charge < -0.3 is 24.8 Å². The van der Waals surface area contributed by atoms with Gasteiger partial charge in [-0.15, -0.1) is 0 Å². The van der Waals surface area contributed by atoms with Crippen molar-refractivity contribution in [2.75, 3.05) is 33.2 Å². The Morgan fingerprint density at radius 1 is 1.24 bits per heavy atom. The monoisotopic (exact) mass is 349 g/mol. The fourth-order valence-corrected chi connectivity index (χ4v) is 3.20. The average Bonchev–Trinajstić information content (AvgIpc) is 2.60. The van der Waals surface area contributed by atoms with Crippen molar-refractivity contribution in [2.45, 2.75) is 45.8 Å². The molecular formula is C19H31N3O3. The number of rotatable bonds is 6. The van der Waals surface area contributed by atoms with Crippen LogP contribution in [-0.2, 0) is 4.74 Å². The van der Waals surface area contributed by atoms with E-state index >= 15 is 0 Å². The van der Waals surface area contributed by atoms with Gasteiger partial charge in [-0.05, 0) is 32.4 Å². The van der Waals surface area contributed by atoms with E-state index in [-0.39, 0.29) is 17.1 Å². The molecule has 2 N–H and O–H groups in total. The van der Waals surface area contributed by atoms with E-state index in [1.807, 2.05) is 25.1 Å². The Balaban J connectivity index is 2.07. The Kier molecular flexibility index (Phi) is 5.83. The van der Waals surface area contributed by atoms with Gasteiger partial charge in [0, 0.05) is 37.4 Å². The van der Waals surface area contributed by atoms with Crippen molar-refractivity contribution in [3.63, 3.8) is 0 Å². The third-order valence-electron chi connectivity index (χ3n) is 5.54. The second kappa shape index (κ2) is 7.52. The summed E-state index contributed by atoms with van der Waals surface area (Å²) in [5.41, 5.74) is 0.783. The molecular weight excluding hydrogens is 318 g/mol. The lowest BCUT2D eigenvalue weighted by Gasteiger charge is -2.59. The van der Waals surface area contributed by atoms with E-state index in [9.17, 15) is 0 Å². The maximum absolute atomic E-state index is 5.69. The van der Waals surface area contributed by atoms with Gasteiger partial charge in [0.25, 0.3) is 0 Å². The van der Waals surface area contributed by atoms with Crippen LogP contribution in [0.3, 0.4) is 0 Å². The lowest BCUT2D eigenvalue weighted by atomic mass is 9.56. The van der Waals surface area contributed by atoms with Crippen molar-refractivity contribution >= 4 is 11.6 Å². The molecule has 25 heavy (non-hydrogen) atoms. The molecule has 2 rings (SSSR count). The van der Waals surface area contributed by atoms with E-state index in [1.165, 1.54) is 0 Å². The quantitative estimate of drug-likeness (QED) is 0.609. The first kappa shape index (κ1) is 19.4. The number of benzene rings is 1. The molecule has 0 aliphatic heterocycles. The highest BCUT2D eigenvalue weighted by atomic mass is 16.5. The first-order valence-electron chi connectivity index (χ1n) is 8.67. The highest BCUT2D eigenvalue weighted by Gasteiger charge is 2.58. The van der Waals surface area contributed by atoms with Gasteiger partial charge in [0.05, 0.1) is 19.3 Å². The van der Waals surface area contributed by atoms with Crippen molar-refractivity contribution in [3.05, 3.63) is 18.2 Å². The van der Waals surface area contributed by atoms with Gasteiger partial charge in [0.15, 0.2) is 17.5 Å². The van der Waals surface area contributed by atoms with E-state index in [4.69, 9.17) is 14.2 Å². The number of nitrogens with zero attached hydrogens (tertiary/aromatic N) is 1. The number of nitrogens with one attached hydrogen (secondary N) is 2. The maximum Gasteiger partial charge on any atom is 0.195 e. The van der Waals surface area contributed by atoms with Crippen LogP contribution in [0.25, 0.3) is 0 Å². The highest BCUT2D eigenvalue weighted by Crippen LogP contribution is 2.51. The van der Waals surface area contributed by atoms with Crippen molar-refractivity contribution in [2.24, 2.45) is 10.4 Å². The number of hydrogen-bond donors (Lipinski definition) is 2. The standard InChI is InChI=1S/C19H31N3O3/c1-8-25-15-11-13(9-10-14(15)23-6)21-17(20-5)22-16-12-19(4,24-7)18(16,2)3/h9-11,16H,8,12H2,1-7H3,(H2,20,21,22). The molecule has 6 heteroatoms. The van der Waals surface area contributed by atoms with Gasteiger partial charge in [-0.3, -0.25) is 4.99 Å². The summed E-state index contributed by atoms with van der Waals surface area (Å²) < 4.78 is 16.6. The molecule has 1 aliphatic carbocycles. The minimum absolute atomic E-state index is 0.00968. The van der Waals surface area contributed by atoms with Crippen LogP contribution in [0.5, 0.6) is 11.5 Å². The molecule has 140 valence electrons. The molecule has 1 aromatic rings. The fraction of sp³-hybridized carbons (Fsp3) is 0.632. The first-order chi connectivity index (χ1) is 11.8. The average molecular weight is 349 g/mol. The van der Waals surface area contributed by atoms with Crippen molar-refractivity contribution < 1.29 is 14.2 Å². The van der Waals surface area contributed by atoms with Crippen LogP contribution in [0.4, 0.5) is 5.69 Å². The molecule has 0 amide bonds. The normalized spacial score (nSPS) is 25.1. The van der Waals surface area contributed by atoms with E-state index in [0.29, 0.717) is 18.1 Å². The van der Waals surface area contributed by atoms with Crippen LogP contribution in [0, 0.1) is 5.41 Å². The molecule has 1 saturated carbocycles. The number of aliphatic imine (C=N–C) groups is 1. The zero-order chi connectivity index (χ0) is 18.7. The van der Waals surface area contributed by atoms with E-state index in [1.54, 1.807) is 21.3 Å². The topological polar surface area (TPSA) is 64.1 Å². The van der Waals surface area contributed by atoms with Gasteiger partial charge in [-0.1, -0.05) is 13.8 Å². The summed E-state index contributed by atoms with van der Waals surface area (Å²) in [6, 6.07) is 6.03. The number of methoxy groups -OCH3 is 2. The van der Waals surface area contributed by atoms with Crippen LogP contribution in [0.15, 0.2) is 23.2 Å². The second-order valence-corrected chi connectivity index (χ2v) is 7.05. The van der Waals surface area contributed by atoms with Gasteiger partial charge in [0.2, 0.25) is 0 Å². The van der Waals surface area contributed by atoms with Gasteiger partial charge in [0.1, 0.15) is 0 Å². The molecule has 1 aliphatic rings. The fourth-order valence-electron chi connectivity index (χ4n) is 3.20. The summed E-state index contributed by atoms with van der Waals surface area (Å²) >= 11 is 0. The van der Waals surface area contributed by atoms with Crippen LogP contribution in [-0.4, -0.2) is 45.5 Å². The zero-order valence-electron chi connectivity index (χ0n) is 16.4. The Morgan fingerprint density at radius 2 is 1.96 bits per heavy atom. The van der Waals surface area contributed by atoms with Gasteiger partial charge in [-0.25, -0.2) is 0 Å². The molecule has 2 unspecified atom stereocenters. The number of anilines is 1. The van der Waals surface area contributed by atoms with Crippen LogP contribution in [0.2, 0.25) is 0 Å². The SMILES string of the molecule is CCOc1cc(NC(=NC)NC2CC(C)(OC)C2(C)C)ccc1OC. The van der Waals surface area contributed by atoms with Crippen LogP contribution >= 0.6 is 0 Å². The van der Waals surface area contributed by atoms with Crippen molar-refractivity contribution in [3.8, 4) is 11.5 Å². The molecule has 0 bridgehead atoms. The lowest BCUT2D eigenvalue weighted by Crippen LogP contribution is -2.69. The molecule has 0 aromatic heterocycles. The summed E-state index contributed by atoms with van der Waals surface area (Å²) in [5, 5.41) is 6.82. The first-order valence-corrected chi connectivity index (χ1v) is 8.67. The number of guanidine groups is 1. The lowest BCUT2D eigenvalue weighted by molar-refractivity contribution is -0.176. The summed E-state index contributed by atoms with van der Waals surface area (Å²) in [5.74, 6) is 2.15. The maximum atomic E-state index is 5.69. The molecule has 2 atom stereocenters. The van der Waals surface area contributed by atoms with E-state index < -0.39 is 0 Å². The van der Waals surface area contributed by atoms with Gasteiger partial charge in [-0.2, -0.15) is 0 Å². The Labute approximate surface area is 151 Å². The molecule has 1 fully saturated rings. The van der Waals surface area contributed by atoms with Crippen LogP contribution < -0.4 is 20.1 Å². The Morgan fingerprint density at radius 3 is 2.48 bits per heavy atom. The largest absolute Gasteiger partial charge is 0.493 e. The predicted octanol–water partition coefficient (Wildman–Crippen LogP) is 3.28. The highest BCUT2D eigenvalue weighted by molar-refractivity contribution is 5.94. The summed E-state index contributed by atoms with van der Waals surface area (Å²) in [6.45, 7) is 9.11. The van der Waals surface area contributed by atoms with E-state index in [0.717, 1.165) is 18.1 Å². The number of ether oxygens (including phenoxy) is 3. The number of hydrogen-bond acceptors (Lipinski definition) is 4. The van der Waals surface area contributed by atoms with Crippen molar-refractivity contribution in [1.82, 2.24) is 5.32 Å². The molecule has 0 saturated heterocycles. The Bertz CT molecular complexity index is 630. The third-order valence-corrected chi connectivity index (χ3v) is 5.54. The Hall–Kier alpha value is -1.95. The van der Waals surface area contributed by atoms with E-state index in [2.05, 4.69) is 36.4 Å². The third kappa shape index (κ3) is 3.68. The molecule has 6 nitrogen and oxygen atoms in total. The molecule has 0 radical (unpaired) electrons.